The number of rotatable bonds is 3. The lowest BCUT2D eigenvalue weighted by Crippen LogP contribution is -2.15. The van der Waals surface area contributed by atoms with E-state index >= 15 is 0 Å². The molecule has 5 nitrogen and oxygen atoms in total. The van der Waals surface area contributed by atoms with Crippen molar-refractivity contribution < 1.29 is 0 Å². The molecule has 0 fully saturated rings. The molecule has 2 heterocycles. The van der Waals surface area contributed by atoms with Crippen molar-refractivity contribution in [1.29, 1.82) is 10.5 Å². The molecule has 1 N–H and O–H groups in total. The van der Waals surface area contributed by atoms with Crippen LogP contribution in [0.1, 0.15) is 12.5 Å². The fourth-order valence-electron chi connectivity index (χ4n) is 1.49. The van der Waals surface area contributed by atoms with Gasteiger partial charge in [0.15, 0.2) is 0 Å². The normalized spacial score (nSPS) is 19.2. The Morgan fingerprint density at radius 2 is 2.09 bits per heavy atom. The molecule has 1 aromatic heterocycles. The van der Waals surface area contributed by atoms with Crippen LogP contribution in [-0.4, -0.2) is 23.7 Å². The number of hydrogen-bond acceptors (Lipinski definition) is 10. The fraction of sp³-hybridized carbons (Fsp3) is 0.333. The second kappa shape index (κ2) is 8.09. The molecule has 0 saturated heterocycles. The molecule has 2 rings (SSSR count). The van der Waals surface area contributed by atoms with Crippen molar-refractivity contribution in [2.45, 2.75) is 12.3 Å². The van der Waals surface area contributed by atoms with E-state index in [2.05, 4.69) is 27.4 Å². The molecule has 0 spiro atoms. The number of nitrogens with zero attached hydrogens (tertiary/aromatic N) is 4. The first-order chi connectivity index (χ1) is 10.6. The third-order valence-electron chi connectivity index (χ3n) is 2.61. The molecule has 10 heteroatoms. The number of aliphatic imine (C=N–C) groups is 1. The Labute approximate surface area is 148 Å². The van der Waals surface area contributed by atoms with Gasteiger partial charge in [0.1, 0.15) is 37.8 Å². The second-order valence-corrected chi connectivity index (χ2v) is 9.30. The maximum Gasteiger partial charge on any atom is 0.141 e. The van der Waals surface area contributed by atoms with Crippen molar-refractivity contribution in [2.75, 3.05) is 18.6 Å². The Bertz CT molecular complexity index is 773. The van der Waals surface area contributed by atoms with E-state index in [4.69, 9.17) is 0 Å². The molecule has 0 radical (unpaired) electrons. The van der Waals surface area contributed by atoms with Gasteiger partial charge < -0.3 is 5.32 Å². The van der Waals surface area contributed by atoms with Crippen LogP contribution in [0.25, 0.3) is 0 Å². The van der Waals surface area contributed by atoms with Gasteiger partial charge >= 0.3 is 0 Å². The van der Waals surface area contributed by atoms with Crippen LogP contribution >= 0.6 is 54.0 Å². The van der Waals surface area contributed by atoms with E-state index in [1.807, 2.05) is 13.2 Å². The zero-order valence-electron chi connectivity index (χ0n) is 11.9. The molecular weight excluding hydrogens is 375 g/mol. The van der Waals surface area contributed by atoms with Crippen LogP contribution in [0.4, 0.5) is 5.00 Å². The van der Waals surface area contributed by atoms with Gasteiger partial charge in [-0.3, -0.25) is 4.99 Å². The highest BCUT2D eigenvalue weighted by Crippen LogP contribution is 2.48. The molecule has 0 aliphatic carbocycles. The van der Waals surface area contributed by atoms with Crippen LogP contribution in [0, 0.1) is 22.7 Å². The summed E-state index contributed by atoms with van der Waals surface area (Å²) in [5.41, 5.74) is 1.14. The van der Waals surface area contributed by atoms with Gasteiger partial charge in [-0.05, 0) is 24.0 Å². The zero-order valence-corrected chi connectivity index (χ0v) is 16.0. The molecule has 0 aromatic carbocycles. The predicted octanol–water partition coefficient (Wildman–Crippen LogP) is 3.86. The molecule has 1 unspecified atom stereocenters. The maximum atomic E-state index is 9.42. The van der Waals surface area contributed by atoms with Crippen molar-refractivity contribution in [2.24, 2.45) is 9.98 Å². The summed E-state index contributed by atoms with van der Waals surface area (Å²) in [4.78, 5) is 8.56. The average Bonchev–Trinajstić information content (AvgIpc) is 3.10. The van der Waals surface area contributed by atoms with E-state index in [0.29, 0.717) is 15.8 Å². The number of anilines is 1. The third kappa shape index (κ3) is 3.70. The molecule has 0 saturated carbocycles. The summed E-state index contributed by atoms with van der Waals surface area (Å²) in [7, 11) is 7.60. The Morgan fingerprint density at radius 3 is 2.68 bits per heavy atom. The van der Waals surface area contributed by atoms with Gasteiger partial charge in [-0.2, -0.15) is 10.5 Å². The monoisotopic (exact) mass is 385 g/mol. The average molecular weight is 386 g/mol. The van der Waals surface area contributed by atoms with Crippen molar-refractivity contribution in [3.05, 3.63) is 20.8 Å². The van der Waals surface area contributed by atoms with E-state index < -0.39 is 0 Å². The van der Waals surface area contributed by atoms with Gasteiger partial charge in [0.2, 0.25) is 0 Å². The summed E-state index contributed by atoms with van der Waals surface area (Å²) in [5.74, 6) is 0. The lowest BCUT2D eigenvalue weighted by atomic mass is 10.3. The maximum absolute atomic E-state index is 9.42. The number of nitriles is 2. The van der Waals surface area contributed by atoms with Crippen LogP contribution in [0.2, 0.25) is 0 Å². The second-order valence-electron chi connectivity index (χ2n) is 3.88. The first-order valence-corrected chi connectivity index (χ1v) is 11.5. The van der Waals surface area contributed by atoms with Crippen molar-refractivity contribution in [3.63, 3.8) is 0 Å². The summed E-state index contributed by atoms with van der Waals surface area (Å²) in [5, 5.41) is 24.2. The van der Waals surface area contributed by atoms with Gasteiger partial charge in [0.25, 0.3) is 0 Å². The highest BCUT2D eigenvalue weighted by Gasteiger charge is 2.29. The number of hydrogen-bond donors (Lipinski definition) is 1. The van der Waals surface area contributed by atoms with Crippen molar-refractivity contribution in [3.8, 4) is 12.1 Å². The molecule has 0 amide bonds. The zero-order chi connectivity index (χ0) is 16.1. The molecule has 1 atom stereocenters. The van der Waals surface area contributed by atoms with Crippen molar-refractivity contribution in [1.82, 2.24) is 0 Å². The van der Waals surface area contributed by atoms with Crippen LogP contribution in [0.15, 0.2) is 20.6 Å². The molecule has 1 aliphatic heterocycles. The lowest BCUT2D eigenvalue weighted by Gasteiger charge is -2.10. The smallest absolute Gasteiger partial charge is 0.141 e. The summed E-state index contributed by atoms with van der Waals surface area (Å²) in [6, 6.07) is 4.41. The molecular formula is C12H11N5S5. The van der Waals surface area contributed by atoms with Crippen LogP contribution < -0.4 is 9.99 Å². The minimum absolute atomic E-state index is 0.203. The number of thioether (sulfide) groups is 1. The third-order valence-corrected chi connectivity index (χ3v) is 8.09. The Kier molecular flexibility index (Phi) is 6.41. The fourth-order valence-corrected chi connectivity index (χ4v) is 6.58. The van der Waals surface area contributed by atoms with Crippen LogP contribution in [-0.2, 0) is 0 Å². The highest BCUT2D eigenvalue weighted by molar-refractivity contribution is 8.78. The van der Waals surface area contributed by atoms with Crippen molar-refractivity contribution >= 4 is 64.1 Å². The van der Waals surface area contributed by atoms with Gasteiger partial charge in [-0.15, -0.1) is 11.8 Å². The summed E-state index contributed by atoms with van der Waals surface area (Å²) >= 11 is 1.55. The first-order valence-electron chi connectivity index (χ1n) is 5.94. The quantitative estimate of drug-likeness (QED) is 0.483. The van der Waals surface area contributed by atoms with Crippen LogP contribution in [0.5, 0.6) is 0 Å². The molecule has 1 aliphatic rings. The molecule has 1 aromatic rings. The van der Waals surface area contributed by atoms with Gasteiger partial charge in [-0.1, -0.05) is 31.5 Å². The lowest BCUT2D eigenvalue weighted by molar-refractivity contribution is 1.18. The van der Waals surface area contributed by atoms with E-state index in [1.165, 1.54) is 42.3 Å². The van der Waals surface area contributed by atoms with Gasteiger partial charge in [0, 0.05) is 7.05 Å². The van der Waals surface area contributed by atoms with Gasteiger partial charge in [-0.25, -0.2) is 4.99 Å². The molecule has 114 valence electrons. The van der Waals surface area contributed by atoms with E-state index in [9.17, 15) is 10.5 Å². The minimum Gasteiger partial charge on any atom is -0.358 e. The SMILES string of the molecule is CN=c1ssc(NC2SSC(/N=C(/C)SC)=C2C#N)c1C#N. The largest absolute Gasteiger partial charge is 0.358 e. The number of nitrogens with one attached hydrogen (secondary N) is 1. The summed E-state index contributed by atoms with van der Waals surface area (Å²) in [6.45, 7) is 1.92. The Morgan fingerprint density at radius 1 is 1.32 bits per heavy atom. The first kappa shape index (κ1) is 17.4. The molecule has 0 bridgehead atoms. The topological polar surface area (TPSA) is 84.3 Å². The predicted molar refractivity (Wildman–Crippen MR) is 100 cm³/mol. The Balaban J connectivity index is 2.31. The van der Waals surface area contributed by atoms with E-state index in [1.54, 1.807) is 18.8 Å². The van der Waals surface area contributed by atoms with Crippen LogP contribution in [0.3, 0.4) is 0 Å². The summed E-state index contributed by atoms with van der Waals surface area (Å²) in [6.07, 6.45) is 1.95. The highest BCUT2D eigenvalue weighted by atomic mass is 33.1. The summed E-state index contributed by atoms with van der Waals surface area (Å²) < 4.78 is 0.713. The Hall–Kier alpha value is -0.910. The standard InChI is InChI=1S/C12H11N5S5/c1-6(18-3)16-10-8(5-14)12(22-20-10)17-11-7(4-13)9(15-2)19-21-11/h12,17H,1-3H3/b15-9?,16-6-. The van der Waals surface area contributed by atoms with Gasteiger partial charge in [0.05, 0.1) is 10.6 Å². The molecule has 22 heavy (non-hydrogen) atoms. The van der Waals surface area contributed by atoms with E-state index in [-0.39, 0.29) is 5.37 Å². The minimum atomic E-state index is -0.203. The van der Waals surface area contributed by atoms with E-state index in [0.717, 1.165) is 15.1 Å².